The summed E-state index contributed by atoms with van der Waals surface area (Å²) in [5.74, 6) is -3.90. The summed E-state index contributed by atoms with van der Waals surface area (Å²) < 4.78 is 5.74. The zero-order chi connectivity index (χ0) is 33.3. The van der Waals surface area contributed by atoms with Crippen LogP contribution in [-0.2, 0) is 37.1 Å². The molecule has 9 N–H and O–H groups in total. The van der Waals surface area contributed by atoms with Crippen LogP contribution in [0.4, 0.5) is 5.13 Å². The van der Waals surface area contributed by atoms with Crippen molar-refractivity contribution < 1.29 is 38.9 Å². The molecule has 2 amide bonds. The quantitative estimate of drug-likeness (QED) is 0.0287. The third-order valence-electron chi connectivity index (χ3n) is 7.23. The van der Waals surface area contributed by atoms with Crippen molar-refractivity contribution in [3.63, 3.8) is 0 Å². The van der Waals surface area contributed by atoms with E-state index in [0.717, 1.165) is 28.3 Å². The molecule has 0 aromatic carbocycles. The van der Waals surface area contributed by atoms with E-state index in [1.165, 1.54) is 31.0 Å². The molecule has 5 rings (SSSR count). The van der Waals surface area contributed by atoms with Crippen LogP contribution in [0.2, 0.25) is 0 Å². The SMILES string of the molecule is CC(C)(O/N=C(\C(=O)N[C@@H]1C(=O)N2C(C(=O)O)=C(C[n+]3ccc4n(CCCNC(=N)N)ccn43)CS[C@H]12)c1csc(N)n1)C(=O)O. The Morgan fingerprint density at radius 1 is 1.30 bits per heavy atom. The number of rotatable bonds is 13. The molecule has 0 aliphatic carbocycles. The van der Waals surface area contributed by atoms with Gasteiger partial charge in [0.15, 0.2) is 35.2 Å². The molecule has 244 valence electrons. The van der Waals surface area contributed by atoms with Gasteiger partial charge in [-0.25, -0.2) is 14.6 Å². The smallest absolute Gasteiger partial charge is 0.352 e. The van der Waals surface area contributed by atoms with Crippen LogP contribution in [0.1, 0.15) is 26.0 Å². The summed E-state index contributed by atoms with van der Waals surface area (Å²) in [6.07, 6.45) is 6.30. The number of hydrogen-bond acceptors (Lipinski definition) is 11. The molecule has 2 atom stereocenters. The number of carboxylic acid groups (broad SMARTS) is 2. The number of amides is 2. The number of carboxylic acids is 2. The second-order valence-corrected chi connectivity index (χ2v) is 12.8. The predicted octanol–water partition coefficient (Wildman–Crippen LogP) is -1.04. The Kier molecular flexibility index (Phi) is 8.92. The molecule has 2 aliphatic heterocycles. The Balaban J connectivity index is 1.32. The minimum atomic E-state index is -1.77. The molecule has 0 saturated carbocycles. The number of hydrogen-bond donors (Lipinski definition) is 7. The second kappa shape index (κ2) is 12.7. The zero-order valence-corrected chi connectivity index (χ0v) is 26.3. The highest BCUT2D eigenvalue weighted by Gasteiger charge is 2.55. The largest absolute Gasteiger partial charge is 0.478 e. The van der Waals surface area contributed by atoms with E-state index < -0.39 is 40.8 Å². The fourth-order valence-electron chi connectivity index (χ4n) is 4.84. The van der Waals surface area contributed by atoms with Crippen LogP contribution >= 0.6 is 23.1 Å². The second-order valence-electron chi connectivity index (χ2n) is 10.8. The lowest BCUT2D eigenvalue weighted by atomic mass is 10.0. The Labute approximate surface area is 269 Å². The number of oxime groups is 1. The van der Waals surface area contributed by atoms with Gasteiger partial charge >= 0.3 is 11.9 Å². The first-order valence-corrected chi connectivity index (χ1v) is 15.8. The summed E-state index contributed by atoms with van der Waals surface area (Å²) in [6, 6.07) is 0.816. The lowest BCUT2D eigenvalue weighted by molar-refractivity contribution is -0.753. The standard InChI is InChI=1S/C26H31N11O7S2/c1-26(2,23(42)43)44-33-16(14-12-46-25(29)31-14)19(38)32-17-20(39)37-18(22(40)41)13(11-45-21(17)37)10-35-7-4-15-34(8-9-36(15)35)6-3-5-30-24(27)28/h4,7-9,12,17,21H,3,5-6,10-11H2,1-2H3,(H8-,27,28,29,30,31,32,38,40,41,42,43)/p+1/b33-16-/t17-,21-/m1/s1. The Morgan fingerprint density at radius 3 is 2.72 bits per heavy atom. The molecule has 2 aliphatic rings. The fraction of sp³-hybridized carbons (Fsp3) is 0.385. The number of carbonyl (C=O) groups excluding carboxylic acids is 2. The van der Waals surface area contributed by atoms with Crippen molar-refractivity contribution in [1.82, 2.24) is 29.6 Å². The summed E-state index contributed by atoms with van der Waals surface area (Å²) in [5, 5.41) is 36.7. The van der Waals surface area contributed by atoms with Crippen LogP contribution in [0.15, 0.2) is 46.5 Å². The number of thiazole rings is 1. The highest BCUT2D eigenvalue weighted by molar-refractivity contribution is 8.00. The molecule has 20 heteroatoms. The average molecular weight is 675 g/mol. The van der Waals surface area contributed by atoms with E-state index in [-0.39, 0.29) is 40.5 Å². The van der Waals surface area contributed by atoms with Crippen molar-refractivity contribution in [2.24, 2.45) is 10.9 Å². The van der Waals surface area contributed by atoms with E-state index in [1.807, 2.05) is 38.4 Å². The first-order valence-electron chi connectivity index (χ1n) is 13.8. The summed E-state index contributed by atoms with van der Waals surface area (Å²) in [5.41, 5.74) is 10.1. The molecule has 1 fully saturated rings. The van der Waals surface area contributed by atoms with Gasteiger partial charge in [0.05, 0.1) is 12.3 Å². The maximum atomic E-state index is 13.3. The number of carbonyl (C=O) groups is 4. The van der Waals surface area contributed by atoms with Crippen LogP contribution < -0.4 is 26.8 Å². The van der Waals surface area contributed by atoms with Crippen molar-refractivity contribution >= 4 is 69.3 Å². The maximum absolute atomic E-state index is 13.3. The molecule has 3 aromatic rings. The van der Waals surface area contributed by atoms with Gasteiger partial charge < -0.3 is 41.7 Å². The van der Waals surface area contributed by atoms with Crippen molar-refractivity contribution in [3.05, 3.63) is 47.0 Å². The van der Waals surface area contributed by atoms with Gasteiger partial charge in [0.25, 0.3) is 11.8 Å². The number of nitrogens with zero attached hydrogens (tertiary/aromatic N) is 6. The van der Waals surface area contributed by atoms with E-state index in [4.69, 9.17) is 21.7 Å². The third kappa shape index (κ3) is 6.33. The number of anilines is 1. The number of nitrogens with two attached hydrogens (primary N) is 2. The van der Waals surface area contributed by atoms with Gasteiger partial charge in [-0.2, -0.15) is 0 Å². The van der Waals surface area contributed by atoms with Gasteiger partial charge in [-0.1, -0.05) is 5.16 Å². The summed E-state index contributed by atoms with van der Waals surface area (Å²) in [6.45, 7) is 3.91. The van der Waals surface area contributed by atoms with E-state index >= 15 is 0 Å². The molecular weight excluding hydrogens is 642 g/mol. The van der Waals surface area contributed by atoms with Gasteiger partial charge in [-0.05, 0) is 20.3 Å². The summed E-state index contributed by atoms with van der Waals surface area (Å²) >= 11 is 2.33. The molecular formula is C26H32N11O7S2+. The minimum Gasteiger partial charge on any atom is -0.478 e. The Morgan fingerprint density at radius 2 is 2.07 bits per heavy atom. The molecule has 1 saturated heterocycles. The molecule has 18 nitrogen and oxygen atoms in total. The van der Waals surface area contributed by atoms with Crippen molar-refractivity contribution in [2.45, 2.75) is 50.4 Å². The monoisotopic (exact) mass is 674 g/mol. The van der Waals surface area contributed by atoms with Gasteiger partial charge in [0, 0.05) is 36.0 Å². The molecule has 0 radical (unpaired) electrons. The highest BCUT2D eigenvalue weighted by atomic mass is 32.2. The number of thioether (sulfide) groups is 1. The molecule has 46 heavy (non-hydrogen) atoms. The molecule has 5 heterocycles. The summed E-state index contributed by atoms with van der Waals surface area (Å²) in [7, 11) is 0. The highest BCUT2D eigenvalue weighted by Crippen LogP contribution is 2.40. The first-order chi connectivity index (χ1) is 21.8. The normalized spacial score (nSPS) is 18.3. The number of nitrogens with one attached hydrogen (secondary N) is 3. The number of β-lactam (4-membered cyclic amide) rings is 1. The zero-order valence-electron chi connectivity index (χ0n) is 24.7. The number of aliphatic carboxylic acids is 2. The van der Waals surface area contributed by atoms with Crippen LogP contribution in [0.25, 0.3) is 5.65 Å². The molecule has 0 spiro atoms. The maximum Gasteiger partial charge on any atom is 0.352 e. The van der Waals surface area contributed by atoms with Gasteiger partial charge in [0.1, 0.15) is 22.8 Å². The molecule has 0 unspecified atom stereocenters. The first kappa shape index (κ1) is 32.3. The van der Waals surface area contributed by atoms with Crippen molar-refractivity contribution in [3.8, 4) is 0 Å². The number of aryl methyl sites for hydroxylation is 1. The van der Waals surface area contributed by atoms with Gasteiger partial charge in [-0.3, -0.25) is 19.9 Å². The van der Waals surface area contributed by atoms with Crippen LogP contribution in [0.5, 0.6) is 0 Å². The number of nitrogen functional groups attached to an aromatic ring is 1. The van der Waals surface area contributed by atoms with Crippen LogP contribution in [0.3, 0.4) is 0 Å². The third-order valence-corrected chi connectivity index (χ3v) is 9.24. The van der Waals surface area contributed by atoms with Gasteiger partial charge in [-0.15, -0.1) is 32.3 Å². The average Bonchev–Trinajstić information content (AvgIpc) is 3.71. The van der Waals surface area contributed by atoms with Crippen molar-refractivity contribution in [1.29, 1.82) is 5.41 Å². The number of guanidine groups is 1. The lowest BCUT2D eigenvalue weighted by Gasteiger charge is -2.49. The topological polar surface area (TPSA) is 260 Å². The van der Waals surface area contributed by atoms with E-state index in [2.05, 4.69) is 20.8 Å². The Bertz CT molecular complexity index is 1790. The lowest BCUT2D eigenvalue weighted by Crippen LogP contribution is -2.71. The van der Waals surface area contributed by atoms with E-state index in [9.17, 15) is 29.4 Å². The van der Waals surface area contributed by atoms with E-state index in [1.54, 1.807) is 0 Å². The van der Waals surface area contributed by atoms with E-state index in [0.29, 0.717) is 18.7 Å². The molecule has 0 bridgehead atoms. The minimum absolute atomic E-state index is 0.0200. The molecule has 3 aromatic heterocycles. The number of imidazole rings is 1. The predicted molar refractivity (Wildman–Crippen MR) is 166 cm³/mol. The van der Waals surface area contributed by atoms with Crippen LogP contribution in [-0.4, -0.2) is 93.9 Å². The van der Waals surface area contributed by atoms with Crippen molar-refractivity contribution in [2.75, 3.05) is 18.0 Å². The number of fused-ring (bicyclic) bond motifs is 2. The number of aromatic nitrogens is 4. The summed E-state index contributed by atoms with van der Waals surface area (Å²) in [4.78, 5) is 60.9. The van der Waals surface area contributed by atoms with Gasteiger partial charge in [0.2, 0.25) is 5.60 Å². The van der Waals surface area contributed by atoms with Crippen LogP contribution in [0, 0.1) is 5.41 Å². The fourth-order valence-corrected chi connectivity index (χ4v) is 6.72. The Hall–Kier alpha value is -5.11.